The minimum absolute atomic E-state index is 0.0128. The van der Waals surface area contributed by atoms with Crippen molar-refractivity contribution in [2.75, 3.05) is 11.4 Å². The van der Waals surface area contributed by atoms with E-state index in [1.54, 1.807) is 18.2 Å². The molecule has 3 aromatic rings. The zero-order chi connectivity index (χ0) is 23.2. The summed E-state index contributed by atoms with van der Waals surface area (Å²) in [6, 6.07) is 10.3. The van der Waals surface area contributed by atoms with Crippen LogP contribution in [0.25, 0.3) is 0 Å². The molecular formula is C24H24FN3O5. The van der Waals surface area contributed by atoms with Gasteiger partial charge in [-0.3, -0.25) is 19.3 Å². The monoisotopic (exact) mass is 453 g/mol. The van der Waals surface area contributed by atoms with Crippen molar-refractivity contribution >= 4 is 23.4 Å². The van der Waals surface area contributed by atoms with E-state index < -0.39 is 36.1 Å². The van der Waals surface area contributed by atoms with Crippen molar-refractivity contribution in [3.63, 3.8) is 0 Å². The molecule has 172 valence electrons. The number of hydrogen-bond donors (Lipinski definition) is 2. The van der Waals surface area contributed by atoms with Gasteiger partial charge in [0, 0.05) is 11.7 Å². The first-order valence-electron chi connectivity index (χ1n) is 10.8. The molecule has 0 saturated heterocycles. The molecule has 1 aromatic carbocycles. The number of furan rings is 2. The summed E-state index contributed by atoms with van der Waals surface area (Å²) in [6.07, 6.45) is 6.53. The van der Waals surface area contributed by atoms with Crippen LogP contribution in [0, 0.1) is 5.82 Å². The lowest BCUT2D eigenvalue weighted by atomic mass is 10.1. The van der Waals surface area contributed by atoms with Crippen LogP contribution in [-0.2, 0) is 9.59 Å². The fourth-order valence-electron chi connectivity index (χ4n) is 3.95. The minimum Gasteiger partial charge on any atom is -0.467 e. The highest BCUT2D eigenvalue weighted by Crippen LogP contribution is 2.29. The lowest BCUT2D eigenvalue weighted by Gasteiger charge is -2.31. The number of amides is 3. The zero-order valence-corrected chi connectivity index (χ0v) is 17.8. The van der Waals surface area contributed by atoms with Crippen molar-refractivity contribution < 1.29 is 27.6 Å². The van der Waals surface area contributed by atoms with Crippen molar-refractivity contribution in [1.29, 1.82) is 0 Å². The normalized spacial score (nSPS) is 14.6. The maximum Gasteiger partial charge on any atom is 0.287 e. The van der Waals surface area contributed by atoms with Gasteiger partial charge in [0.15, 0.2) is 11.8 Å². The second-order valence-electron chi connectivity index (χ2n) is 7.81. The van der Waals surface area contributed by atoms with Gasteiger partial charge in [0.2, 0.25) is 5.91 Å². The molecule has 2 N–H and O–H groups in total. The van der Waals surface area contributed by atoms with Crippen LogP contribution in [0.1, 0.15) is 48.0 Å². The summed E-state index contributed by atoms with van der Waals surface area (Å²) in [6.45, 7) is -0.412. The van der Waals surface area contributed by atoms with Gasteiger partial charge in [-0.15, -0.1) is 0 Å². The standard InChI is InChI=1S/C24H24FN3O5/c25-16-9-11-18(12-10-16)28(21(29)15-26-23(30)20-8-4-14-33-20)22(19-7-3-13-32-19)24(31)27-17-5-1-2-6-17/h3-4,7-14,17,22H,1-2,5-6,15H2,(H,26,30)(H,27,31)/t22-/m0/s1. The fourth-order valence-corrected chi connectivity index (χ4v) is 3.95. The highest BCUT2D eigenvalue weighted by atomic mass is 19.1. The number of nitrogens with zero attached hydrogens (tertiary/aromatic N) is 1. The molecule has 1 atom stereocenters. The predicted molar refractivity (Wildman–Crippen MR) is 117 cm³/mol. The summed E-state index contributed by atoms with van der Waals surface area (Å²) >= 11 is 0. The third kappa shape index (κ3) is 5.31. The number of carbonyl (C=O) groups is 3. The molecule has 8 nitrogen and oxygen atoms in total. The Morgan fingerprint density at radius 3 is 2.33 bits per heavy atom. The van der Waals surface area contributed by atoms with Gasteiger partial charge in [-0.05, 0) is 61.4 Å². The van der Waals surface area contributed by atoms with E-state index in [2.05, 4.69) is 10.6 Å². The van der Waals surface area contributed by atoms with E-state index in [4.69, 9.17) is 8.83 Å². The van der Waals surface area contributed by atoms with Crippen LogP contribution in [0.5, 0.6) is 0 Å². The van der Waals surface area contributed by atoms with Crippen molar-refractivity contribution in [2.24, 2.45) is 0 Å². The van der Waals surface area contributed by atoms with E-state index in [9.17, 15) is 18.8 Å². The fraction of sp³-hybridized carbons (Fsp3) is 0.292. The van der Waals surface area contributed by atoms with Gasteiger partial charge in [0.1, 0.15) is 11.6 Å². The van der Waals surface area contributed by atoms with Crippen LogP contribution in [0.15, 0.2) is 69.9 Å². The molecule has 2 heterocycles. The van der Waals surface area contributed by atoms with Crippen LogP contribution < -0.4 is 15.5 Å². The Bertz CT molecular complexity index is 1070. The van der Waals surface area contributed by atoms with Crippen LogP contribution in [0.4, 0.5) is 10.1 Å². The second kappa shape index (κ2) is 10.2. The highest BCUT2D eigenvalue weighted by Gasteiger charge is 2.36. The molecular weight excluding hydrogens is 429 g/mol. The maximum absolute atomic E-state index is 13.6. The number of carbonyl (C=O) groups excluding carboxylic acids is 3. The maximum atomic E-state index is 13.6. The lowest BCUT2D eigenvalue weighted by molar-refractivity contribution is -0.127. The molecule has 33 heavy (non-hydrogen) atoms. The van der Waals surface area contributed by atoms with Gasteiger partial charge in [-0.25, -0.2) is 4.39 Å². The molecule has 0 unspecified atom stereocenters. The van der Waals surface area contributed by atoms with Gasteiger partial charge in [-0.2, -0.15) is 0 Å². The molecule has 1 aliphatic rings. The summed E-state index contributed by atoms with van der Waals surface area (Å²) in [5.74, 6) is -1.74. The van der Waals surface area contributed by atoms with Crippen molar-refractivity contribution in [2.45, 2.75) is 37.8 Å². The third-order valence-corrected chi connectivity index (χ3v) is 5.54. The molecule has 0 aliphatic heterocycles. The van der Waals surface area contributed by atoms with E-state index in [1.807, 2.05) is 0 Å². The Labute approximate surface area is 189 Å². The van der Waals surface area contributed by atoms with Gasteiger partial charge in [0.05, 0.1) is 19.1 Å². The van der Waals surface area contributed by atoms with Crippen LogP contribution in [0.3, 0.4) is 0 Å². The molecule has 1 fully saturated rings. The average Bonchev–Trinajstić information content (AvgIpc) is 3.60. The average molecular weight is 453 g/mol. The SMILES string of the molecule is O=C(NCC(=O)N(c1ccc(F)cc1)[C@H](C(=O)NC1CCCC1)c1ccco1)c1ccco1. The first kappa shape index (κ1) is 22.3. The molecule has 0 bridgehead atoms. The number of benzene rings is 1. The smallest absolute Gasteiger partial charge is 0.287 e. The summed E-state index contributed by atoms with van der Waals surface area (Å²) < 4.78 is 24.2. The number of hydrogen-bond acceptors (Lipinski definition) is 5. The number of anilines is 1. The molecule has 9 heteroatoms. The molecule has 1 aliphatic carbocycles. The summed E-state index contributed by atoms with van der Waals surface area (Å²) in [7, 11) is 0. The quantitative estimate of drug-likeness (QED) is 0.543. The van der Waals surface area contributed by atoms with Crippen LogP contribution in [-0.4, -0.2) is 30.3 Å². The minimum atomic E-state index is -1.14. The third-order valence-electron chi connectivity index (χ3n) is 5.54. The van der Waals surface area contributed by atoms with E-state index in [0.717, 1.165) is 25.7 Å². The van der Waals surface area contributed by atoms with Crippen molar-refractivity contribution in [3.05, 3.63) is 78.4 Å². The zero-order valence-electron chi connectivity index (χ0n) is 17.8. The highest BCUT2D eigenvalue weighted by molar-refractivity contribution is 6.04. The summed E-state index contributed by atoms with van der Waals surface area (Å²) in [5, 5.41) is 5.50. The van der Waals surface area contributed by atoms with E-state index >= 15 is 0 Å². The summed E-state index contributed by atoms with van der Waals surface area (Å²) in [5.41, 5.74) is 0.289. The van der Waals surface area contributed by atoms with E-state index in [1.165, 1.54) is 47.8 Å². The van der Waals surface area contributed by atoms with Gasteiger partial charge in [-0.1, -0.05) is 12.8 Å². The van der Waals surface area contributed by atoms with Gasteiger partial charge in [0.25, 0.3) is 11.8 Å². The molecule has 4 rings (SSSR count). The second-order valence-corrected chi connectivity index (χ2v) is 7.81. The Kier molecular flexibility index (Phi) is 6.87. The molecule has 0 spiro atoms. The van der Waals surface area contributed by atoms with E-state index in [-0.39, 0.29) is 23.2 Å². The van der Waals surface area contributed by atoms with Gasteiger partial charge < -0.3 is 19.5 Å². The van der Waals surface area contributed by atoms with Crippen molar-refractivity contribution in [1.82, 2.24) is 10.6 Å². The number of nitrogens with one attached hydrogen (secondary N) is 2. The van der Waals surface area contributed by atoms with Crippen LogP contribution >= 0.6 is 0 Å². The first-order chi connectivity index (χ1) is 16.0. The predicted octanol–water partition coefficient (Wildman–Crippen LogP) is 3.57. The van der Waals surface area contributed by atoms with Gasteiger partial charge >= 0.3 is 0 Å². The Morgan fingerprint density at radius 1 is 1.00 bits per heavy atom. The number of halogens is 1. The van der Waals surface area contributed by atoms with Crippen LogP contribution in [0.2, 0.25) is 0 Å². The van der Waals surface area contributed by atoms with Crippen molar-refractivity contribution in [3.8, 4) is 0 Å². The Balaban J connectivity index is 1.63. The largest absolute Gasteiger partial charge is 0.467 e. The van der Waals surface area contributed by atoms with E-state index in [0.29, 0.717) is 0 Å². The Morgan fingerprint density at radius 2 is 1.70 bits per heavy atom. The molecule has 0 radical (unpaired) electrons. The Hall–Kier alpha value is -3.88. The number of rotatable bonds is 8. The molecule has 1 saturated carbocycles. The molecule has 2 aromatic heterocycles. The first-order valence-corrected chi connectivity index (χ1v) is 10.8. The lowest BCUT2D eigenvalue weighted by Crippen LogP contribution is -2.49. The molecule has 3 amide bonds. The summed E-state index contributed by atoms with van der Waals surface area (Å²) in [4.78, 5) is 40.2. The topological polar surface area (TPSA) is 105 Å².